The van der Waals surface area contributed by atoms with Crippen LogP contribution >= 0.6 is 11.6 Å². The molecule has 0 saturated carbocycles. The Morgan fingerprint density at radius 1 is 1.47 bits per heavy atom. The van der Waals surface area contributed by atoms with Gasteiger partial charge in [0.25, 0.3) is 0 Å². The zero-order valence-corrected chi connectivity index (χ0v) is 11.8. The van der Waals surface area contributed by atoms with Crippen molar-refractivity contribution in [3.05, 3.63) is 34.3 Å². The molecule has 0 amide bonds. The van der Waals surface area contributed by atoms with Gasteiger partial charge in [-0.25, -0.2) is 8.42 Å². The molecule has 78 valence electrons. The van der Waals surface area contributed by atoms with E-state index in [1.54, 1.807) is 6.92 Å². The number of halogens is 1. The standard InChI is InChI=1S/C8H9ClO4S.Na/c1-5-4-6(9)2-3-7(5)8(10)14(11,12)13;/h2-4,8,10H,1H3,(H,11,12,13);/q;+1/p-1. The molecule has 0 aliphatic carbocycles. The fourth-order valence-electron chi connectivity index (χ4n) is 1.07. The smallest absolute Gasteiger partial charge is 0.746 e. The SMILES string of the molecule is Cc1cc(Cl)ccc1C(O)S(=O)(=O)[O-].[Na+]. The summed E-state index contributed by atoms with van der Waals surface area (Å²) < 4.78 is 31.6. The van der Waals surface area contributed by atoms with Crippen molar-refractivity contribution in [3.8, 4) is 0 Å². The summed E-state index contributed by atoms with van der Waals surface area (Å²) >= 11 is 5.63. The minimum Gasteiger partial charge on any atom is -0.746 e. The maximum Gasteiger partial charge on any atom is 1.00 e. The van der Waals surface area contributed by atoms with Crippen LogP contribution in [0.1, 0.15) is 16.6 Å². The first kappa shape index (κ1) is 15.4. The molecule has 0 aliphatic heterocycles. The number of benzene rings is 1. The van der Waals surface area contributed by atoms with Crippen LogP contribution in [-0.4, -0.2) is 18.1 Å². The topological polar surface area (TPSA) is 77.4 Å². The molecule has 0 spiro atoms. The van der Waals surface area contributed by atoms with Gasteiger partial charge in [-0.15, -0.1) is 0 Å². The van der Waals surface area contributed by atoms with Gasteiger partial charge in [0.1, 0.15) is 10.1 Å². The monoisotopic (exact) mass is 258 g/mol. The Balaban J connectivity index is 0.00000196. The van der Waals surface area contributed by atoms with Crippen molar-refractivity contribution >= 4 is 21.7 Å². The van der Waals surface area contributed by atoms with E-state index in [4.69, 9.17) is 11.6 Å². The van der Waals surface area contributed by atoms with Gasteiger partial charge in [0.15, 0.2) is 5.44 Å². The number of rotatable bonds is 2. The molecule has 0 bridgehead atoms. The largest absolute Gasteiger partial charge is 1.00 e. The van der Waals surface area contributed by atoms with Crippen molar-refractivity contribution in [2.75, 3.05) is 0 Å². The van der Waals surface area contributed by atoms with E-state index in [0.29, 0.717) is 10.6 Å². The predicted molar refractivity (Wildman–Crippen MR) is 50.8 cm³/mol. The molecule has 1 atom stereocenters. The Labute approximate surface area is 115 Å². The Morgan fingerprint density at radius 2 is 2.00 bits per heavy atom. The molecule has 7 heteroatoms. The molecule has 15 heavy (non-hydrogen) atoms. The summed E-state index contributed by atoms with van der Waals surface area (Å²) in [5.74, 6) is 0. The third-order valence-electron chi connectivity index (χ3n) is 1.77. The van der Waals surface area contributed by atoms with Crippen LogP contribution in [0.4, 0.5) is 0 Å². The Bertz CT molecular complexity index is 446. The molecule has 0 aromatic heterocycles. The molecule has 1 unspecified atom stereocenters. The van der Waals surface area contributed by atoms with Crippen molar-refractivity contribution in [1.29, 1.82) is 0 Å². The number of aliphatic hydroxyl groups excluding tert-OH is 1. The van der Waals surface area contributed by atoms with Crippen molar-refractivity contribution in [2.45, 2.75) is 12.4 Å². The van der Waals surface area contributed by atoms with Crippen LogP contribution in [0.15, 0.2) is 18.2 Å². The van der Waals surface area contributed by atoms with E-state index in [2.05, 4.69) is 0 Å². The van der Waals surface area contributed by atoms with Crippen molar-refractivity contribution in [1.82, 2.24) is 0 Å². The maximum atomic E-state index is 10.5. The summed E-state index contributed by atoms with van der Waals surface area (Å²) in [4.78, 5) is 0. The fraction of sp³-hybridized carbons (Fsp3) is 0.250. The third-order valence-corrected chi connectivity index (χ3v) is 2.81. The molecule has 0 radical (unpaired) electrons. The Morgan fingerprint density at radius 3 is 2.40 bits per heavy atom. The summed E-state index contributed by atoms with van der Waals surface area (Å²) in [5, 5.41) is 9.60. The molecular formula is C8H8ClNaO4S. The normalized spacial score (nSPS) is 13.1. The molecule has 0 fully saturated rings. The quantitative estimate of drug-likeness (QED) is 0.501. The summed E-state index contributed by atoms with van der Waals surface area (Å²) in [7, 11) is -4.73. The van der Waals surface area contributed by atoms with Gasteiger partial charge < -0.3 is 9.66 Å². The van der Waals surface area contributed by atoms with E-state index in [1.165, 1.54) is 18.2 Å². The van der Waals surface area contributed by atoms with Crippen molar-refractivity contribution in [3.63, 3.8) is 0 Å². The molecule has 1 aromatic carbocycles. The first-order valence-electron chi connectivity index (χ1n) is 3.71. The van der Waals surface area contributed by atoms with Crippen molar-refractivity contribution < 1.29 is 47.6 Å². The first-order valence-corrected chi connectivity index (χ1v) is 5.56. The van der Waals surface area contributed by atoms with Crippen LogP contribution in [0.2, 0.25) is 5.02 Å². The van der Waals surface area contributed by atoms with Gasteiger partial charge in [-0.1, -0.05) is 17.7 Å². The maximum absolute atomic E-state index is 10.5. The van der Waals surface area contributed by atoms with E-state index in [-0.39, 0.29) is 35.1 Å². The zero-order chi connectivity index (χ0) is 10.9. The van der Waals surface area contributed by atoms with Crippen LogP contribution in [0, 0.1) is 6.92 Å². The van der Waals surface area contributed by atoms with Crippen LogP contribution in [0.3, 0.4) is 0 Å². The van der Waals surface area contributed by atoms with Crippen LogP contribution in [-0.2, 0) is 10.1 Å². The number of aliphatic hydroxyl groups is 1. The second-order valence-electron chi connectivity index (χ2n) is 2.85. The molecule has 1 rings (SSSR count). The molecule has 0 aliphatic rings. The summed E-state index contributed by atoms with van der Waals surface area (Å²) in [6, 6.07) is 4.21. The minimum atomic E-state index is -4.73. The van der Waals surface area contributed by atoms with Crippen LogP contribution in [0.5, 0.6) is 0 Å². The molecule has 4 nitrogen and oxygen atoms in total. The number of hydrogen-bond donors (Lipinski definition) is 1. The minimum absolute atomic E-state index is 0. The molecular weight excluding hydrogens is 251 g/mol. The summed E-state index contributed by atoms with van der Waals surface area (Å²) in [5.41, 5.74) is -1.51. The van der Waals surface area contributed by atoms with Crippen LogP contribution < -0.4 is 29.6 Å². The fourth-order valence-corrected chi connectivity index (χ4v) is 1.87. The summed E-state index contributed by atoms with van der Waals surface area (Å²) in [6.07, 6.45) is 0. The van der Waals surface area contributed by atoms with E-state index < -0.39 is 15.6 Å². The van der Waals surface area contributed by atoms with Gasteiger partial charge in [-0.3, -0.25) is 0 Å². The Hall–Kier alpha value is 0.380. The van der Waals surface area contributed by atoms with Gasteiger partial charge in [-0.05, 0) is 30.2 Å². The van der Waals surface area contributed by atoms with E-state index in [9.17, 15) is 18.1 Å². The average molecular weight is 259 g/mol. The van der Waals surface area contributed by atoms with Gasteiger partial charge >= 0.3 is 29.6 Å². The molecule has 0 heterocycles. The van der Waals surface area contributed by atoms with Crippen molar-refractivity contribution in [2.24, 2.45) is 0 Å². The van der Waals surface area contributed by atoms with E-state index >= 15 is 0 Å². The molecule has 1 N–H and O–H groups in total. The van der Waals surface area contributed by atoms with Crippen LogP contribution in [0.25, 0.3) is 0 Å². The Kier molecular flexibility index (Phi) is 5.77. The third kappa shape index (κ3) is 4.03. The average Bonchev–Trinajstić information content (AvgIpc) is 2.01. The van der Waals surface area contributed by atoms with E-state index in [1.807, 2.05) is 0 Å². The first-order chi connectivity index (χ1) is 6.32. The predicted octanol–water partition coefficient (Wildman–Crippen LogP) is -1.81. The van der Waals surface area contributed by atoms with Gasteiger partial charge in [0, 0.05) is 5.02 Å². The molecule has 1 aromatic rings. The van der Waals surface area contributed by atoms with Gasteiger partial charge in [0.2, 0.25) is 0 Å². The second kappa shape index (κ2) is 5.63. The second-order valence-corrected chi connectivity index (χ2v) is 4.71. The molecule has 0 saturated heterocycles. The summed E-state index contributed by atoms with van der Waals surface area (Å²) in [6.45, 7) is 1.57. The van der Waals surface area contributed by atoms with Gasteiger partial charge in [0.05, 0.1) is 0 Å². The number of hydrogen-bond acceptors (Lipinski definition) is 4. The van der Waals surface area contributed by atoms with E-state index in [0.717, 1.165) is 0 Å². The van der Waals surface area contributed by atoms with Gasteiger partial charge in [-0.2, -0.15) is 0 Å². The number of aryl methyl sites for hydroxylation is 1. The zero-order valence-electron chi connectivity index (χ0n) is 8.27.